The average Bonchev–Trinajstić information content (AvgIpc) is 3.34. The van der Waals surface area contributed by atoms with Crippen LogP contribution in [0.1, 0.15) is 18.4 Å². The number of aliphatic hydroxyl groups is 1. The molecule has 5 atom stereocenters. The first-order chi connectivity index (χ1) is 15.9. The van der Waals surface area contributed by atoms with E-state index in [4.69, 9.17) is 15.2 Å². The molecule has 4 amide bonds. The van der Waals surface area contributed by atoms with Gasteiger partial charge in [0.05, 0.1) is 11.8 Å². The largest absolute Gasteiger partial charge is 0.454 e. The Kier molecular flexibility index (Phi) is 5.54. The number of carbonyl (C=O) groups is 3. The van der Waals surface area contributed by atoms with Crippen molar-refractivity contribution in [2.75, 3.05) is 13.4 Å². The zero-order valence-corrected chi connectivity index (χ0v) is 19.4. The molecule has 1 aromatic carbocycles. The van der Waals surface area contributed by atoms with E-state index in [2.05, 4.69) is 27.4 Å². The Morgan fingerprint density at radius 2 is 1.91 bits per heavy atom. The number of fused-ring (bicyclic) bond motifs is 2. The van der Waals surface area contributed by atoms with Gasteiger partial charge in [-0.15, -0.1) is 6.58 Å². The Balaban J connectivity index is 1.56. The molecule has 4 aliphatic heterocycles. The van der Waals surface area contributed by atoms with Crippen LogP contribution in [0.15, 0.2) is 40.9 Å². The first kappa shape index (κ1) is 22.1. The van der Waals surface area contributed by atoms with Crippen molar-refractivity contribution in [1.82, 2.24) is 9.80 Å². The van der Waals surface area contributed by atoms with Gasteiger partial charge in [-0.1, -0.05) is 33.7 Å². The molecule has 174 valence electrons. The maximum atomic E-state index is 13.2. The fourth-order valence-corrected chi connectivity index (χ4v) is 6.22. The minimum absolute atomic E-state index is 0.0235. The van der Waals surface area contributed by atoms with Crippen molar-refractivity contribution in [3.8, 4) is 11.5 Å². The zero-order valence-electron chi connectivity index (χ0n) is 17.8. The Morgan fingerprint density at radius 3 is 2.58 bits per heavy atom. The molecule has 1 aromatic rings. The molecule has 0 saturated carbocycles. The first-order valence-electron chi connectivity index (χ1n) is 10.8. The van der Waals surface area contributed by atoms with Crippen LogP contribution in [-0.4, -0.2) is 58.2 Å². The summed E-state index contributed by atoms with van der Waals surface area (Å²) in [4.78, 5) is 41.0. The van der Waals surface area contributed by atoms with Gasteiger partial charge in [0, 0.05) is 35.6 Å². The first-order valence-corrected chi connectivity index (χ1v) is 11.6. The van der Waals surface area contributed by atoms with Crippen LogP contribution in [0.2, 0.25) is 0 Å². The normalized spacial score (nSPS) is 29.9. The number of benzene rings is 1. The van der Waals surface area contributed by atoms with E-state index >= 15 is 0 Å². The van der Waals surface area contributed by atoms with Crippen LogP contribution in [0.3, 0.4) is 0 Å². The Morgan fingerprint density at radius 1 is 1.21 bits per heavy atom. The van der Waals surface area contributed by atoms with Crippen LogP contribution < -0.4 is 15.2 Å². The summed E-state index contributed by atoms with van der Waals surface area (Å²) < 4.78 is 11.8. The number of urea groups is 1. The molecule has 4 heterocycles. The van der Waals surface area contributed by atoms with Gasteiger partial charge in [0.15, 0.2) is 11.5 Å². The highest BCUT2D eigenvalue weighted by Gasteiger charge is 2.63. The lowest BCUT2D eigenvalue weighted by molar-refractivity contribution is -0.136. The molecule has 9 nitrogen and oxygen atoms in total. The Bertz CT molecular complexity index is 1090. The van der Waals surface area contributed by atoms with Gasteiger partial charge in [-0.05, 0) is 30.5 Å². The number of nitrogens with zero attached hydrogens (tertiary/aromatic N) is 2. The number of hydrogen-bond donors (Lipinski definition) is 2. The molecule has 0 radical (unpaired) electrons. The number of amides is 4. The van der Waals surface area contributed by atoms with Crippen molar-refractivity contribution in [3.63, 3.8) is 0 Å². The second-order valence-corrected chi connectivity index (χ2v) is 9.54. The molecule has 2 bridgehead atoms. The molecule has 3 N–H and O–H groups in total. The fourth-order valence-electron chi connectivity index (χ4n) is 5.77. The number of halogens is 1. The molecule has 2 saturated heterocycles. The third-order valence-corrected chi connectivity index (χ3v) is 7.82. The van der Waals surface area contributed by atoms with Gasteiger partial charge in [-0.2, -0.15) is 4.90 Å². The maximum Gasteiger partial charge on any atom is 0.328 e. The number of primary amides is 1. The van der Waals surface area contributed by atoms with Crippen LogP contribution in [0.5, 0.6) is 11.5 Å². The van der Waals surface area contributed by atoms with Crippen LogP contribution in [-0.2, 0) is 16.1 Å². The van der Waals surface area contributed by atoms with Gasteiger partial charge in [-0.25, -0.2) is 4.79 Å². The summed E-state index contributed by atoms with van der Waals surface area (Å²) >= 11 is 3.60. The fraction of sp³-hybridized carbons (Fsp3) is 0.435. The molecular weight excluding hydrogens is 494 g/mol. The summed E-state index contributed by atoms with van der Waals surface area (Å²) in [5, 5.41) is 9.37. The van der Waals surface area contributed by atoms with Crippen molar-refractivity contribution in [3.05, 3.63) is 46.5 Å². The highest BCUT2D eigenvalue weighted by Crippen LogP contribution is 2.53. The third kappa shape index (κ3) is 3.31. The van der Waals surface area contributed by atoms with Crippen LogP contribution in [0.4, 0.5) is 4.79 Å². The lowest BCUT2D eigenvalue weighted by Crippen LogP contribution is -2.61. The second kappa shape index (κ2) is 8.27. The molecule has 5 aliphatic rings. The van der Waals surface area contributed by atoms with Crippen molar-refractivity contribution >= 4 is 33.8 Å². The van der Waals surface area contributed by atoms with Crippen molar-refractivity contribution in [2.24, 2.45) is 23.5 Å². The summed E-state index contributed by atoms with van der Waals surface area (Å²) in [6, 6.07) is 2.05. The monoisotopic (exact) mass is 517 g/mol. The van der Waals surface area contributed by atoms with Crippen molar-refractivity contribution in [2.45, 2.75) is 31.5 Å². The summed E-state index contributed by atoms with van der Waals surface area (Å²) in [6.07, 6.45) is 4.97. The number of imide groups is 3. The van der Waals surface area contributed by atoms with Gasteiger partial charge < -0.3 is 20.3 Å². The summed E-state index contributed by atoms with van der Waals surface area (Å²) in [6.45, 7) is 4.67. The molecule has 10 heteroatoms. The van der Waals surface area contributed by atoms with E-state index in [-0.39, 0.29) is 25.4 Å². The molecule has 5 unspecified atom stereocenters. The number of likely N-dealkylation sites (tertiary alicyclic amines) is 1. The van der Waals surface area contributed by atoms with Gasteiger partial charge in [0.25, 0.3) is 0 Å². The quantitative estimate of drug-likeness (QED) is 0.436. The smallest absolute Gasteiger partial charge is 0.328 e. The number of rotatable bonds is 6. The van der Waals surface area contributed by atoms with Gasteiger partial charge in [-0.3, -0.25) is 14.5 Å². The number of hydrogen-bond acceptors (Lipinski definition) is 7. The van der Waals surface area contributed by atoms with E-state index in [1.54, 1.807) is 6.08 Å². The lowest BCUT2D eigenvalue weighted by Gasteiger charge is -2.54. The van der Waals surface area contributed by atoms with Crippen molar-refractivity contribution < 1.29 is 29.0 Å². The van der Waals surface area contributed by atoms with E-state index in [1.165, 1.54) is 0 Å². The van der Waals surface area contributed by atoms with Crippen LogP contribution in [0.25, 0.3) is 0 Å². The average molecular weight is 518 g/mol. The van der Waals surface area contributed by atoms with E-state index in [0.29, 0.717) is 35.8 Å². The Labute approximate surface area is 198 Å². The maximum absolute atomic E-state index is 13.2. The SMILES string of the molecule is C=CC1C2C(CCCO)=CC(C3C(=O)N(C(N)=O)C(=O)C32)N1Cc1cc2c(cc1Br)OCO2. The lowest BCUT2D eigenvalue weighted by atomic mass is 9.62. The molecule has 1 aliphatic carbocycles. The molecule has 6 rings (SSSR count). The van der Waals surface area contributed by atoms with Gasteiger partial charge in [0.2, 0.25) is 18.6 Å². The Hall–Kier alpha value is -2.69. The third-order valence-electron chi connectivity index (χ3n) is 7.08. The summed E-state index contributed by atoms with van der Waals surface area (Å²) in [7, 11) is 0. The zero-order chi connectivity index (χ0) is 23.4. The highest BCUT2D eigenvalue weighted by atomic mass is 79.9. The summed E-state index contributed by atoms with van der Waals surface area (Å²) in [5.41, 5.74) is 7.33. The molecular formula is C23H24BrN3O6. The minimum Gasteiger partial charge on any atom is -0.454 e. The van der Waals surface area contributed by atoms with E-state index < -0.39 is 35.7 Å². The van der Waals surface area contributed by atoms with E-state index in [1.807, 2.05) is 18.2 Å². The number of ether oxygens (including phenoxy) is 2. The number of aliphatic hydroxyl groups excluding tert-OH is 1. The number of nitrogens with two attached hydrogens (primary N) is 1. The van der Waals surface area contributed by atoms with Gasteiger partial charge >= 0.3 is 6.03 Å². The number of piperidine rings is 1. The molecule has 33 heavy (non-hydrogen) atoms. The van der Waals surface area contributed by atoms with Crippen molar-refractivity contribution in [1.29, 1.82) is 0 Å². The molecule has 0 aromatic heterocycles. The van der Waals surface area contributed by atoms with E-state index in [9.17, 15) is 19.5 Å². The minimum atomic E-state index is -1.05. The molecule has 0 spiro atoms. The topological polar surface area (TPSA) is 122 Å². The molecule has 2 fully saturated rings. The van der Waals surface area contributed by atoms with Crippen LogP contribution >= 0.6 is 15.9 Å². The summed E-state index contributed by atoms with van der Waals surface area (Å²) in [5.74, 6) is -1.50. The predicted molar refractivity (Wildman–Crippen MR) is 120 cm³/mol. The highest BCUT2D eigenvalue weighted by molar-refractivity contribution is 9.10. The predicted octanol–water partition coefficient (Wildman–Crippen LogP) is 1.93. The van der Waals surface area contributed by atoms with Crippen LogP contribution in [0, 0.1) is 17.8 Å². The van der Waals surface area contributed by atoms with Gasteiger partial charge in [0.1, 0.15) is 0 Å². The standard InChI is InChI=1S/C23H24BrN3O6/c1-2-14-18-11(4-3-5-28)6-15(19-20(18)22(30)27(21(19)29)23(25)31)26(14)9-12-7-16-17(8-13(12)24)33-10-32-16/h2,6-8,14-15,18-20,28H,1,3-5,9-10H2,(H2,25,31). The van der Waals surface area contributed by atoms with E-state index in [0.717, 1.165) is 15.6 Å². The second-order valence-electron chi connectivity index (χ2n) is 8.68. The number of carbonyl (C=O) groups excluding carboxylic acids is 3.